The van der Waals surface area contributed by atoms with Crippen LogP contribution in [0.5, 0.6) is 0 Å². The van der Waals surface area contributed by atoms with Crippen molar-refractivity contribution < 1.29 is 4.79 Å². The molecular formula is C14H21NO. The molecule has 0 aromatic heterocycles. The molecule has 0 aliphatic rings. The first-order chi connectivity index (χ1) is 7.61. The monoisotopic (exact) mass is 219 g/mol. The average Bonchev–Trinajstić information content (AvgIpc) is 2.24. The van der Waals surface area contributed by atoms with Crippen LogP contribution >= 0.6 is 0 Å². The Hall–Kier alpha value is -1.31. The average molecular weight is 219 g/mol. The second kappa shape index (κ2) is 6.31. The predicted molar refractivity (Wildman–Crippen MR) is 67.6 cm³/mol. The lowest BCUT2D eigenvalue weighted by atomic mass is 10.1. The Morgan fingerprint density at radius 2 is 2.00 bits per heavy atom. The van der Waals surface area contributed by atoms with E-state index in [2.05, 4.69) is 19.2 Å². The number of carbonyl (C=O) groups excluding carboxylic acids is 1. The molecule has 1 N–H and O–H groups in total. The predicted octanol–water partition coefficient (Wildman–Crippen LogP) is 3.16. The van der Waals surface area contributed by atoms with Crippen LogP contribution in [-0.4, -0.2) is 12.5 Å². The Morgan fingerprint density at radius 3 is 2.62 bits per heavy atom. The van der Waals surface area contributed by atoms with Gasteiger partial charge in [0.25, 0.3) is 5.91 Å². The molecule has 16 heavy (non-hydrogen) atoms. The first-order valence-electron chi connectivity index (χ1n) is 5.95. The Kier molecular flexibility index (Phi) is 5.03. The van der Waals surface area contributed by atoms with E-state index in [1.807, 2.05) is 31.2 Å². The fraction of sp³-hybridized carbons (Fsp3) is 0.500. The van der Waals surface area contributed by atoms with Crippen LogP contribution in [0.4, 0.5) is 0 Å². The standard InChI is InChI=1S/C14H21NO/c1-11(2)7-6-10-15-14(16)13-9-5-4-8-12(13)3/h4-5,8-9,11H,6-7,10H2,1-3H3,(H,15,16). The van der Waals surface area contributed by atoms with E-state index < -0.39 is 0 Å². The second-order valence-corrected chi connectivity index (χ2v) is 4.61. The van der Waals surface area contributed by atoms with E-state index in [0.29, 0.717) is 5.92 Å². The topological polar surface area (TPSA) is 29.1 Å². The molecule has 0 bridgehead atoms. The maximum atomic E-state index is 11.8. The summed E-state index contributed by atoms with van der Waals surface area (Å²) in [6.07, 6.45) is 2.21. The van der Waals surface area contributed by atoms with Crippen LogP contribution in [0.25, 0.3) is 0 Å². The maximum absolute atomic E-state index is 11.8. The van der Waals surface area contributed by atoms with E-state index >= 15 is 0 Å². The first kappa shape index (κ1) is 12.8. The minimum Gasteiger partial charge on any atom is -0.352 e. The summed E-state index contributed by atoms with van der Waals surface area (Å²) in [5, 5.41) is 2.96. The molecule has 0 aliphatic carbocycles. The molecule has 0 radical (unpaired) electrons. The number of rotatable bonds is 5. The van der Waals surface area contributed by atoms with Gasteiger partial charge in [0, 0.05) is 12.1 Å². The molecule has 0 atom stereocenters. The summed E-state index contributed by atoms with van der Waals surface area (Å²) >= 11 is 0. The van der Waals surface area contributed by atoms with Crippen LogP contribution in [-0.2, 0) is 0 Å². The van der Waals surface area contributed by atoms with E-state index in [1.54, 1.807) is 0 Å². The molecule has 0 saturated heterocycles. The van der Waals surface area contributed by atoms with Gasteiger partial charge in [0.05, 0.1) is 0 Å². The van der Waals surface area contributed by atoms with Crippen molar-refractivity contribution in [1.29, 1.82) is 0 Å². The fourth-order valence-electron chi connectivity index (χ4n) is 1.64. The van der Waals surface area contributed by atoms with E-state index in [0.717, 1.165) is 30.5 Å². The lowest BCUT2D eigenvalue weighted by Crippen LogP contribution is -2.25. The van der Waals surface area contributed by atoms with Gasteiger partial charge in [-0.05, 0) is 37.3 Å². The fourth-order valence-corrected chi connectivity index (χ4v) is 1.64. The molecule has 2 nitrogen and oxygen atoms in total. The molecule has 1 aromatic carbocycles. The van der Waals surface area contributed by atoms with Crippen molar-refractivity contribution >= 4 is 5.91 Å². The van der Waals surface area contributed by atoms with Crippen molar-refractivity contribution in [2.45, 2.75) is 33.6 Å². The smallest absolute Gasteiger partial charge is 0.251 e. The lowest BCUT2D eigenvalue weighted by Gasteiger charge is -2.08. The minimum absolute atomic E-state index is 0.0434. The molecule has 2 heteroatoms. The number of nitrogens with one attached hydrogen (secondary N) is 1. The van der Waals surface area contributed by atoms with Gasteiger partial charge in [0.1, 0.15) is 0 Å². The normalized spacial score (nSPS) is 10.5. The first-order valence-corrected chi connectivity index (χ1v) is 5.95. The Bertz CT molecular complexity index is 344. The zero-order valence-corrected chi connectivity index (χ0v) is 10.4. The number of aryl methyl sites for hydroxylation is 1. The van der Waals surface area contributed by atoms with Crippen molar-refractivity contribution in [2.24, 2.45) is 5.92 Å². The second-order valence-electron chi connectivity index (χ2n) is 4.61. The molecule has 88 valence electrons. The van der Waals surface area contributed by atoms with Gasteiger partial charge in [0.2, 0.25) is 0 Å². The number of hydrogen-bond acceptors (Lipinski definition) is 1. The number of hydrogen-bond donors (Lipinski definition) is 1. The van der Waals surface area contributed by atoms with Crippen LogP contribution in [0.15, 0.2) is 24.3 Å². The van der Waals surface area contributed by atoms with Gasteiger partial charge in [-0.3, -0.25) is 4.79 Å². The molecule has 1 amide bonds. The number of amides is 1. The summed E-state index contributed by atoms with van der Waals surface area (Å²) in [5.41, 5.74) is 1.82. The van der Waals surface area contributed by atoms with E-state index in [9.17, 15) is 4.79 Å². The summed E-state index contributed by atoms with van der Waals surface area (Å²) in [5.74, 6) is 0.747. The third-order valence-electron chi connectivity index (χ3n) is 2.63. The molecule has 0 unspecified atom stereocenters. The van der Waals surface area contributed by atoms with Crippen LogP contribution in [0, 0.1) is 12.8 Å². The molecule has 0 fully saturated rings. The molecule has 0 heterocycles. The molecule has 0 aliphatic heterocycles. The molecule has 1 rings (SSSR count). The van der Waals surface area contributed by atoms with E-state index in [-0.39, 0.29) is 5.91 Å². The summed E-state index contributed by atoms with van der Waals surface area (Å²) in [7, 11) is 0. The molecule has 0 saturated carbocycles. The quantitative estimate of drug-likeness (QED) is 0.757. The van der Waals surface area contributed by atoms with Crippen molar-refractivity contribution in [1.82, 2.24) is 5.32 Å². The summed E-state index contributed by atoms with van der Waals surface area (Å²) in [6, 6.07) is 7.68. The van der Waals surface area contributed by atoms with Crippen molar-refractivity contribution in [3.8, 4) is 0 Å². The van der Waals surface area contributed by atoms with Gasteiger partial charge >= 0.3 is 0 Å². The Morgan fingerprint density at radius 1 is 1.31 bits per heavy atom. The van der Waals surface area contributed by atoms with Crippen LogP contribution in [0.2, 0.25) is 0 Å². The van der Waals surface area contributed by atoms with Crippen molar-refractivity contribution in [3.63, 3.8) is 0 Å². The van der Waals surface area contributed by atoms with Crippen LogP contribution in [0.1, 0.15) is 42.6 Å². The zero-order chi connectivity index (χ0) is 12.0. The van der Waals surface area contributed by atoms with Gasteiger partial charge in [-0.15, -0.1) is 0 Å². The highest BCUT2D eigenvalue weighted by Gasteiger charge is 2.06. The van der Waals surface area contributed by atoms with Gasteiger partial charge in [-0.2, -0.15) is 0 Å². The molecule has 0 spiro atoms. The third kappa shape index (κ3) is 4.05. The highest BCUT2D eigenvalue weighted by Crippen LogP contribution is 2.07. The van der Waals surface area contributed by atoms with Gasteiger partial charge in [-0.25, -0.2) is 0 Å². The summed E-state index contributed by atoms with van der Waals surface area (Å²) in [6.45, 7) is 7.13. The molecule has 1 aromatic rings. The van der Waals surface area contributed by atoms with Gasteiger partial charge < -0.3 is 5.32 Å². The van der Waals surface area contributed by atoms with Crippen molar-refractivity contribution in [2.75, 3.05) is 6.54 Å². The zero-order valence-electron chi connectivity index (χ0n) is 10.4. The van der Waals surface area contributed by atoms with Crippen LogP contribution < -0.4 is 5.32 Å². The summed E-state index contributed by atoms with van der Waals surface area (Å²) < 4.78 is 0. The molecular weight excluding hydrogens is 198 g/mol. The highest BCUT2D eigenvalue weighted by molar-refractivity contribution is 5.95. The Balaban J connectivity index is 2.39. The van der Waals surface area contributed by atoms with Crippen molar-refractivity contribution in [3.05, 3.63) is 35.4 Å². The van der Waals surface area contributed by atoms with E-state index in [1.165, 1.54) is 0 Å². The largest absolute Gasteiger partial charge is 0.352 e. The highest BCUT2D eigenvalue weighted by atomic mass is 16.1. The van der Waals surface area contributed by atoms with E-state index in [4.69, 9.17) is 0 Å². The van der Waals surface area contributed by atoms with Crippen LogP contribution in [0.3, 0.4) is 0 Å². The maximum Gasteiger partial charge on any atom is 0.251 e. The van der Waals surface area contributed by atoms with Gasteiger partial charge in [-0.1, -0.05) is 32.0 Å². The van der Waals surface area contributed by atoms with Gasteiger partial charge in [0.15, 0.2) is 0 Å². The number of benzene rings is 1. The number of carbonyl (C=O) groups is 1. The lowest BCUT2D eigenvalue weighted by molar-refractivity contribution is 0.0952. The third-order valence-corrected chi connectivity index (χ3v) is 2.63. The minimum atomic E-state index is 0.0434. The Labute approximate surface area is 98.1 Å². The summed E-state index contributed by atoms with van der Waals surface area (Å²) in [4.78, 5) is 11.8. The SMILES string of the molecule is Cc1ccccc1C(=O)NCCCC(C)C.